The third kappa shape index (κ3) is 2.81. The van der Waals surface area contributed by atoms with E-state index < -0.39 is 0 Å². The van der Waals surface area contributed by atoms with Gasteiger partial charge in [0, 0.05) is 12.8 Å². The number of hydrogen-bond donors (Lipinski definition) is 0. The Hall–Kier alpha value is -3.78. The highest BCUT2D eigenvalue weighted by molar-refractivity contribution is 6.05. The molecule has 0 radical (unpaired) electrons. The molecule has 3 aromatic heterocycles. The summed E-state index contributed by atoms with van der Waals surface area (Å²) in [6.45, 7) is 0.827. The molecule has 0 fully saturated rings. The van der Waals surface area contributed by atoms with E-state index in [4.69, 9.17) is 19.4 Å². The van der Waals surface area contributed by atoms with Gasteiger partial charge in [0.1, 0.15) is 23.0 Å². The molecule has 5 aromatic rings. The van der Waals surface area contributed by atoms with Crippen LogP contribution in [0, 0.1) is 0 Å². The number of para-hydroxylation sites is 2. The van der Waals surface area contributed by atoms with Crippen molar-refractivity contribution in [1.82, 2.24) is 24.1 Å². The summed E-state index contributed by atoms with van der Waals surface area (Å²) in [6.07, 6.45) is 1.54. The first-order chi connectivity index (χ1) is 14.7. The number of hydrogen-bond acceptors (Lipinski definition) is 6. The van der Waals surface area contributed by atoms with Crippen LogP contribution in [0.3, 0.4) is 0 Å². The van der Waals surface area contributed by atoms with Crippen molar-refractivity contribution in [2.24, 2.45) is 0 Å². The van der Waals surface area contributed by atoms with Crippen LogP contribution in [0.4, 0.5) is 0 Å². The zero-order chi connectivity index (χ0) is 20.7. The lowest BCUT2D eigenvalue weighted by atomic mass is 10.3. The second-order valence-electron chi connectivity index (χ2n) is 6.85. The van der Waals surface area contributed by atoms with Crippen molar-refractivity contribution in [2.45, 2.75) is 6.54 Å². The standard InChI is InChI=1S/C22H19N5O3/c1-29-12-11-26-13-23-20-18(22(26)28)19-21(25-17-6-4-3-5-16(17)24-19)27(20)14-7-9-15(30-2)10-8-14/h3-10,13H,11-12H2,1-2H3. The molecule has 2 aromatic carbocycles. The second-order valence-corrected chi connectivity index (χ2v) is 6.85. The van der Waals surface area contributed by atoms with Crippen LogP contribution >= 0.6 is 0 Å². The van der Waals surface area contributed by atoms with Gasteiger partial charge in [-0.05, 0) is 36.4 Å². The highest BCUT2D eigenvalue weighted by Gasteiger charge is 2.20. The SMILES string of the molecule is COCCn1cnc2c(c1=O)c1nc3ccccc3nc1n2-c1ccc(OC)cc1. The van der Waals surface area contributed by atoms with Crippen molar-refractivity contribution in [3.8, 4) is 11.4 Å². The summed E-state index contributed by atoms with van der Waals surface area (Å²) in [5.74, 6) is 0.742. The summed E-state index contributed by atoms with van der Waals surface area (Å²) in [6, 6.07) is 15.2. The minimum atomic E-state index is -0.168. The Balaban J connectivity index is 1.89. The lowest BCUT2D eigenvalue weighted by Crippen LogP contribution is -2.22. The van der Waals surface area contributed by atoms with E-state index in [2.05, 4.69) is 4.98 Å². The van der Waals surface area contributed by atoms with E-state index in [1.165, 1.54) is 0 Å². The molecule has 5 rings (SSSR count). The van der Waals surface area contributed by atoms with Gasteiger partial charge in [-0.2, -0.15) is 0 Å². The van der Waals surface area contributed by atoms with E-state index in [0.717, 1.165) is 22.5 Å². The van der Waals surface area contributed by atoms with E-state index in [-0.39, 0.29) is 5.56 Å². The summed E-state index contributed by atoms with van der Waals surface area (Å²) < 4.78 is 13.8. The highest BCUT2D eigenvalue weighted by atomic mass is 16.5. The molecule has 0 bridgehead atoms. The third-order valence-electron chi connectivity index (χ3n) is 5.10. The number of aromatic nitrogens is 5. The maximum atomic E-state index is 13.3. The van der Waals surface area contributed by atoms with Crippen LogP contribution < -0.4 is 10.3 Å². The number of rotatable bonds is 5. The van der Waals surface area contributed by atoms with E-state index in [1.54, 1.807) is 25.1 Å². The van der Waals surface area contributed by atoms with Crippen molar-refractivity contribution in [3.05, 3.63) is 65.2 Å². The first-order valence-electron chi connectivity index (χ1n) is 9.51. The first kappa shape index (κ1) is 18.3. The molecular weight excluding hydrogens is 382 g/mol. The molecule has 0 atom stereocenters. The molecule has 30 heavy (non-hydrogen) atoms. The molecule has 0 aliphatic rings. The summed E-state index contributed by atoms with van der Waals surface area (Å²) >= 11 is 0. The zero-order valence-electron chi connectivity index (χ0n) is 16.6. The summed E-state index contributed by atoms with van der Waals surface area (Å²) in [5.41, 5.74) is 3.77. The minimum absolute atomic E-state index is 0.168. The number of methoxy groups -OCH3 is 2. The van der Waals surface area contributed by atoms with Gasteiger partial charge in [0.25, 0.3) is 5.56 Å². The smallest absolute Gasteiger partial charge is 0.265 e. The Kier molecular flexibility index (Phi) is 4.40. The maximum absolute atomic E-state index is 13.3. The lowest BCUT2D eigenvalue weighted by Gasteiger charge is -2.08. The Labute approximate surface area is 171 Å². The molecule has 8 heteroatoms. The van der Waals surface area contributed by atoms with Gasteiger partial charge >= 0.3 is 0 Å². The maximum Gasteiger partial charge on any atom is 0.265 e. The number of nitrogens with zero attached hydrogens (tertiary/aromatic N) is 5. The zero-order valence-corrected chi connectivity index (χ0v) is 16.6. The predicted molar refractivity (Wildman–Crippen MR) is 114 cm³/mol. The molecule has 0 N–H and O–H groups in total. The molecule has 150 valence electrons. The van der Waals surface area contributed by atoms with Crippen LogP contribution in [0.25, 0.3) is 38.9 Å². The Bertz CT molecular complexity index is 1440. The van der Waals surface area contributed by atoms with Crippen LogP contribution in [-0.2, 0) is 11.3 Å². The van der Waals surface area contributed by atoms with Gasteiger partial charge < -0.3 is 9.47 Å². The van der Waals surface area contributed by atoms with Crippen molar-refractivity contribution in [1.29, 1.82) is 0 Å². The molecule has 0 spiro atoms. The summed E-state index contributed by atoms with van der Waals surface area (Å²) in [7, 11) is 3.22. The fraction of sp³-hybridized carbons (Fsp3) is 0.182. The predicted octanol–water partition coefficient (Wildman–Crippen LogP) is 2.94. The highest BCUT2D eigenvalue weighted by Crippen LogP contribution is 2.28. The second kappa shape index (κ2) is 7.23. The van der Waals surface area contributed by atoms with Gasteiger partial charge in [-0.3, -0.25) is 13.9 Å². The molecule has 3 heterocycles. The first-order valence-corrected chi connectivity index (χ1v) is 9.51. The Morgan fingerprint density at radius 3 is 2.37 bits per heavy atom. The van der Waals surface area contributed by atoms with Crippen molar-refractivity contribution < 1.29 is 9.47 Å². The van der Waals surface area contributed by atoms with Crippen LogP contribution in [-0.4, -0.2) is 44.9 Å². The van der Waals surface area contributed by atoms with Crippen LogP contribution in [0.15, 0.2) is 59.7 Å². The van der Waals surface area contributed by atoms with Gasteiger partial charge in [-0.25, -0.2) is 15.0 Å². The molecule has 0 unspecified atom stereocenters. The fourth-order valence-electron chi connectivity index (χ4n) is 3.60. The average molecular weight is 401 g/mol. The van der Waals surface area contributed by atoms with E-state index in [0.29, 0.717) is 35.3 Å². The van der Waals surface area contributed by atoms with E-state index >= 15 is 0 Å². The van der Waals surface area contributed by atoms with Gasteiger partial charge in [-0.1, -0.05) is 12.1 Å². The normalized spacial score (nSPS) is 11.5. The Morgan fingerprint density at radius 2 is 1.67 bits per heavy atom. The molecule has 8 nitrogen and oxygen atoms in total. The average Bonchev–Trinajstić information content (AvgIpc) is 3.11. The van der Waals surface area contributed by atoms with Crippen molar-refractivity contribution >= 4 is 33.2 Å². The third-order valence-corrected chi connectivity index (χ3v) is 5.10. The molecular formula is C22H19N5O3. The Morgan fingerprint density at radius 1 is 0.933 bits per heavy atom. The van der Waals surface area contributed by atoms with Crippen molar-refractivity contribution in [3.63, 3.8) is 0 Å². The number of benzene rings is 2. The summed E-state index contributed by atoms with van der Waals surface area (Å²) in [4.78, 5) is 27.5. The molecule has 0 saturated heterocycles. The molecule has 0 aliphatic carbocycles. The van der Waals surface area contributed by atoms with Crippen molar-refractivity contribution in [2.75, 3.05) is 20.8 Å². The van der Waals surface area contributed by atoms with E-state index in [1.807, 2.05) is 53.1 Å². The quantitative estimate of drug-likeness (QED) is 0.450. The van der Waals surface area contributed by atoms with Crippen LogP contribution in [0.1, 0.15) is 0 Å². The van der Waals surface area contributed by atoms with Gasteiger partial charge in [-0.15, -0.1) is 0 Å². The number of ether oxygens (including phenoxy) is 2. The molecule has 0 amide bonds. The minimum Gasteiger partial charge on any atom is -0.497 e. The molecule has 0 saturated carbocycles. The largest absolute Gasteiger partial charge is 0.497 e. The van der Waals surface area contributed by atoms with Crippen LogP contribution in [0.2, 0.25) is 0 Å². The lowest BCUT2D eigenvalue weighted by molar-refractivity contribution is 0.186. The van der Waals surface area contributed by atoms with Gasteiger partial charge in [0.15, 0.2) is 11.3 Å². The summed E-state index contributed by atoms with van der Waals surface area (Å²) in [5, 5.41) is 0.442. The van der Waals surface area contributed by atoms with Gasteiger partial charge in [0.2, 0.25) is 0 Å². The van der Waals surface area contributed by atoms with Gasteiger partial charge in [0.05, 0.1) is 31.3 Å². The molecule has 0 aliphatic heterocycles. The van der Waals surface area contributed by atoms with Crippen LogP contribution in [0.5, 0.6) is 5.75 Å². The van der Waals surface area contributed by atoms with E-state index in [9.17, 15) is 4.79 Å². The number of fused-ring (bicyclic) bond motifs is 4. The monoisotopic (exact) mass is 401 g/mol. The fourth-order valence-corrected chi connectivity index (χ4v) is 3.60. The topological polar surface area (TPSA) is 84.1 Å².